The van der Waals surface area contributed by atoms with Crippen LogP contribution in [0.4, 0.5) is 5.69 Å². The van der Waals surface area contributed by atoms with Crippen LogP contribution >= 0.6 is 22.6 Å². The molecule has 0 aliphatic carbocycles. The molecule has 0 radical (unpaired) electrons. The minimum absolute atomic E-state index is 0.241. The lowest BCUT2D eigenvalue weighted by atomic mass is 10.2. The van der Waals surface area contributed by atoms with Crippen LogP contribution in [-0.2, 0) is 0 Å². The normalized spacial score (nSPS) is 13.8. The first-order valence-corrected chi connectivity index (χ1v) is 9.80. The molecule has 142 valence electrons. The lowest BCUT2D eigenvalue weighted by Gasteiger charge is -2.17. The van der Waals surface area contributed by atoms with Crippen molar-refractivity contribution in [2.75, 3.05) is 32.2 Å². The van der Waals surface area contributed by atoms with Gasteiger partial charge in [-0.15, -0.1) is 0 Å². The van der Waals surface area contributed by atoms with Gasteiger partial charge in [-0.3, -0.25) is 4.79 Å². The minimum Gasteiger partial charge on any atom is -0.493 e. The molecule has 1 amide bonds. The zero-order valence-corrected chi connectivity index (χ0v) is 17.5. The highest BCUT2D eigenvalue weighted by atomic mass is 127. The fourth-order valence-corrected chi connectivity index (χ4v) is 3.89. The lowest BCUT2D eigenvalue weighted by molar-refractivity contribution is 0.0955. The van der Waals surface area contributed by atoms with E-state index in [0.717, 1.165) is 27.9 Å². The Kier molecular flexibility index (Phi) is 6.54. The van der Waals surface area contributed by atoms with E-state index in [1.807, 2.05) is 36.4 Å². The van der Waals surface area contributed by atoms with E-state index in [4.69, 9.17) is 9.47 Å². The highest BCUT2D eigenvalue weighted by Crippen LogP contribution is 2.33. The Balaban J connectivity index is 1.64. The molecule has 0 atom stereocenters. The molecule has 0 unspecified atom stereocenters. The van der Waals surface area contributed by atoms with Crippen molar-refractivity contribution in [3.63, 3.8) is 0 Å². The molecule has 7 heteroatoms. The average Bonchev–Trinajstić information content (AvgIpc) is 3.22. The van der Waals surface area contributed by atoms with Crippen LogP contribution in [0.5, 0.6) is 11.5 Å². The van der Waals surface area contributed by atoms with E-state index in [2.05, 4.69) is 38.0 Å². The summed E-state index contributed by atoms with van der Waals surface area (Å²) in [6.45, 7) is 2.17. The van der Waals surface area contributed by atoms with Crippen molar-refractivity contribution >= 4 is 40.4 Å². The number of carbonyl (C=O) groups is 1. The molecule has 27 heavy (non-hydrogen) atoms. The predicted molar refractivity (Wildman–Crippen MR) is 115 cm³/mol. The zero-order valence-electron chi connectivity index (χ0n) is 15.4. The number of halogens is 1. The van der Waals surface area contributed by atoms with Gasteiger partial charge >= 0.3 is 0 Å². The molecule has 0 bridgehead atoms. The molecule has 1 saturated heterocycles. The molecule has 2 aromatic rings. The second kappa shape index (κ2) is 9.07. The van der Waals surface area contributed by atoms with Gasteiger partial charge in [0.25, 0.3) is 5.91 Å². The summed E-state index contributed by atoms with van der Waals surface area (Å²) in [6, 6.07) is 11.3. The molecule has 1 fully saturated rings. The first kappa shape index (κ1) is 19.5. The van der Waals surface area contributed by atoms with Gasteiger partial charge in [0, 0.05) is 24.3 Å². The minimum atomic E-state index is -0.241. The monoisotopic (exact) mass is 479 g/mol. The van der Waals surface area contributed by atoms with Gasteiger partial charge in [0.05, 0.1) is 24.0 Å². The SMILES string of the molecule is COc1cc(/C=N\NC(=O)c2ccc(N3CCCC3)cc2)cc(I)c1OC. The molecule has 1 aliphatic heterocycles. The van der Waals surface area contributed by atoms with Crippen LogP contribution in [0.25, 0.3) is 0 Å². The number of ether oxygens (including phenoxy) is 2. The number of anilines is 1. The molecule has 0 saturated carbocycles. The molecule has 2 aromatic carbocycles. The number of benzene rings is 2. The first-order valence-electron chi connectivity index (χ1n) is 8.72. The van der Waals surface area contributed by atoms with Crippen LogP contribution in [0.3, 0.4) is 0 Å². The van der Waals surface area contributed by atoms with Crippen molar-refractivity contribution in [2.24, 2.45) is 5.10 Å². The summed E-state index contributed by atoms with van der Waals surface area (Å²) in [7, 11) is 3.19. The Hall–Kier alpha value is -2.29. The van der Waals surface area contributed by atoms with E-state index < -0.39 is 0 Å². The van der Waals surface area contributed by atoms with Gasteiger partial charge in [-0.25, -0.2) is 5.43 Å². The molecule has 0 aromatic heterocycles. The third kappa shape index (κ3) is 4.71. The Morgan fingerprint density at radius 3 is 2.48 bits per heavy atom. The van der Waals surface area contributed by atoms with Crippen molar-refractivity contribution in [3.05, 3.63) is 51.1 Å². The van der Waals surface area contributed by atoms with Gasteiger partial charge in [-0.1, -0.05) is 0 Å². The summed E-state index contributed by atoms with van der Waals surface area (Å²) < 4.78 is 11.5. The third-order valence-electron chi connectivity index (χ3n) is 4.44. The molecular weight excluding hydrogens is 457 g/mol. The second-order valence-electron chi connectivity index (χ2n) is 6.18. The Bertz CT molecular complexity index is 831. The molecule has 3 rings (SSSR count). The van der Waals surface area contributed by atoms with Crippen LogP contribution in [-0.4, -0.2) is 39.4 Å². The van der Waals surface area contributed by atoms with Crippen LogP contribution in [0.2, 0.25) is 0 Å². The summed E-state index contributed by atoms with van der Waals surface area (Å²) in [4.78, 5) is 14.6. The number of carbonyl (C=O) groups excluding carboxylic acids is 1. The van der Waals surface area contributed by atoms with Crippen LogP contribution in [0.1, 0.15) is 28.8 Å². The number of hydrazone groups is 1. The highest BCUT2D eigenvalue weighted by molar-refractivity contribution is 14.1. The van der Waals surface area contributed by atoms with Gasteiger partial charge in [0.1, 0.15) is 0 Å². The maximum Gasteiger partial charge on any atom is 0.271 e. The Morgan fingerprint density at radius 1 is 1.15 bits per heavy atom. The maximum atomic E-state index is 12.3. The molecule has 1 aliphatic rings. The van der Waals surface area contributed by atoms with Crippen molar-refractivity contribution in [3.8, 4) is 11.5 Å². The summed E-state index contributed by atoms with van der Waals surface area (Å²) >= 11 is 2.17. The van der Waals surface area contributed by atoms with E-state index in [0.29, 0.717) is 17.1 Å². The summed E-state index contributed by atoms with van der Waals surface area (Å²) in [5.41, 5.74) is 5.11. The molecule has 6 nitrogen and oxygen atoms in total. The van der Waals surface area contributed by atoms with Gasteiger partial charge < -0.3 is 14.4 Å². The second-order valence-corrected chi connectivity index (χ2v) is 7.34. The summed E-state index contributed by atoms with van der Waals surface area (Å²) in [6.07, 6.45) is 4.04. The highest BCUT2D eigenvalue weighted by Gasteiger charge is 2.13. The number of hydrogen-bond acceptors (Lipinski definition) is 5. The number of amides is 1. The molecule has 0 spiro atoms. The van der Waals surface area contributed by atoms with Crippen molar-refractivity contribution in [1.29, 1.82) is 0 Å². The summed E-state index contributed by atoms with van der Waals surface area (Å²) in [5.74, 6) is 1.06. The van der Waals surface area contributed by atoms with Crippen LogP contribution < -0.4 is 19.8 Å². The fourth-order valence-electron chi connectivity index (χ4n) is 3.04. The number of rotatable bonds is 6. The maximum absolute atomic E-state index is 12.3. The largest absolute Gasteiger partial charge is 0.493 e. The number of nitrogens with zero attached hydrogens (tertiary/aromatic N) is 2. The van der Waals surface area contributed by atoms with E-state index in [1.165, 1.54) is 12.8 Å². The first-order chi connectivity index (χ1) is 13.1. The van der Waals surface area contributed by atoms with E-state index in [1.54, 1.807) is 20.4 Å². The molecule has 1 heterocycles. The van der Waals surface area contributed by atoms with Crippen molar-refractivity contribution in [2.45, 2.75) is 12.8 Å². The smallest absolute Gasteiger partial charge is 0.271 e. The van der Waals surface area contributed by atoms with Crippen LogP contribution in [0.15, 0.2) is 41.5 Å². The van der Waals surface area contributed by atoms with E-state index in [-0.39, 0.29) is 5.91 Å². The lowest BCUT2D eigenvalue weighted by Crippen LogP contribution is -2.19. The van der Waals surface area contributed by atoms with Gasteiger partial charge in [-0.2, -0.15) is 5.10 Å². The Morgan fingerprint density at radius 2 is 1.85 bits per heavy atom. The number of nitrogens with one attached hydrogen (secondary N) is 1. The fraction of sp³-hybridized carbons (Fsp3) is 0.300. The average molecular weight is 479 g/mol. The number of hydrogen-bond donors (Lipinski definition) is 1. The molecule has 1 N–H and O–H groups in total. The van der Waals surface area contributed by atoms with E-state index >= 15 is 0 Å². The van der Waals surface area contributed by atoms with Gasteiger partial charge in [-0.05, 0) is 77.4 Å². The zero-order chi connectivity index (χ0) is 19.2. The summed E-state index contributed by atoms with van der Waals surface area (Å²) in [5, 5.41) is 4.06. The Labute approximate surface area is 172 Å². The quantitative estimate of drug-likeness (QED) is 0.390. The van der Waals surface area contributed by atoms with E-state index in [9.17, 15) is 4.79 Å². The number of methoxy groups -OCH3 is 2. The standard InChI is InChI=1S/C20H22IN3O3/c1-26-18-12-14(11-17(21)19(18)27-2)13-22-23-20(25)15-5-7-16(8-6-15)24-9-3-4-10-24/h5-8,11-13H,3-4,9-10H2,1-2H3,(H,23,25)/b22-13-. The van der Waals surface area contributed by atoms with Gasteiger partial charge in [0.2, 0.25) is 0 Å². The molecular formula is C20H22IN3O3. The van der Waals surface area contributed by atoms with Crippen molar-refractivity contribution < 1.29 is 14.3 Å². The van der Waals surface area contributed by atoms with Crippen molar-refractivity contribution in [1.82, 2.24) is 5.43 Å². The third-order valence-corrected chi connectivity index (χ3v) is 5.24. The van der Waals surface area contributed by atoms with Gasteiger partial charge in [0.15, 0.2) is 11.5 Å². The van der Waals surface area contributed by atoms with Crippen LogP contribution in [0, 0.1) is 3.57 Å². The topological polar surface area (TPSA) is 63.2 Å². The predicted octanol–water partition coefficient (Wildman–Crippen LogP) is 3.67.